The van der Waals surface area contributed by atoms with Gasteiger partial charge in [-0.1, -0.05) is 13.8 Å². The van der Waals surface area contributed by atoms with Crippen LogP contribution in [-0.2, 0) is 4.74 Å². The van der Waals surface area contributed by atoms with E-state index in [0.29, 0.717) is 5.95 Å². The first-order valence-electron chi connectivity index (χ1n) is 6.59. The summed E-state index contributed by atoms with van der Waals surface area (Å²) in [6.45, 7) is 6.39. The lowest BCUT2D eigenvalue weighted by Gasteiger charge is -2.51. The molecule has 1 aliphatic rings. The Morgan fingerprint density at radius 1 is 1.37 bits per heavy atom. The lowest BCUT2D eigenvalue weighted by molar-refractivity contribution is -0.111. The van der Waals surface area contributed by atoms with E-state index < -0.39 is 0 Å². The van der Waals surface area contributed by atoms with E-state index >= 15 is 0 Å². The molecule has 2 N–H and O–H groups in total. The van der Waals surface area contributed by atoms with Gasteiger partial charge in [-0.05, 0) is 25.5 Å². The zero-order chi connectivity index (χ0) is 13.8. The number of fused-ring (bicyclic) bond motifs is 1. The number of aryl methyl sites for hydroxylation is 1. The summed E-state index contributed by atoms with van der Waals surface area (Å²) < 4.78 is 7.58. The summed E-state index contributed by atoms with van der Waals surface area (Å²) >= 11 is 0. The molecule has 3 rings (SSSR count). The van der Waals surface area contributed by atoms with Gasteiger partial charge >= 0.3 is 0 Å². The van der Waals surface area contributed by atoms with Crippen LogP contribution >= 0.6 is 0 Å². The van der Waals surface area contributed by atoms with Crippen LogP contribution in [0.4, 0.5) is 5.95 Å². The Balaban J connectivity index is 2.11. The lowest BCUT2D eigenvalue weighted by Crippen LogP contribution is -2.51. The molecular weight excluding hydrogens is 240 g/mol. The molecule has 0 aliphatic heterocycles. The second-order valence-electron chi connectivity index (χ2n) is 5.93. The minimum atomic E-state index is 0.0436. The first kappa shape index (κ1) is 12.4. The largest absolute Gasteiger partial charge is 0.381 e. The van der Waals surface area contributed by atoms with Crippen molar-refractivity contribution in [1.82, 2.24) is 14.5 Å². The average Bonchev–Trinajstić information content (AvgIpc) is 2.65. The Hall–Kier alpha value is -1.62. The van der Waals surface area contributed by atoms with Gasteiger partial charge in [0, 0.05) is 24.3 Å². The lowest BCUT2D eigenvalue weighted by atomic mass is 9.64. The van der Waals surface area contributed by atoms with Crippen LogP contribution in [0.25, 0.3) is 11.2 Å². The highest BCUT2D eigenvalue weighted by Gasteiger charge is 2.50. The number of nitrogens with zero attached hydrogens (tertiary/aromatic N) is 3. The second-order valence-corrected chi connectivity index (χ2v) is 5.93. The third kappa shape index (κ3) is 1.64. The van der Waals surface area contributed by atoms with Gasteiger partial charge in [-0.2, -0.15) is 0 Å². The van der Waals surface area contributed by atoms with Crippen LogP contribution in [0, 0.1) is 12.3 Å². The van der Waals surface area contributed by atoms with Crippen LogP contribution in [-0.4, -0.2) is 27.7 Å². The van der Waals surface area contributed by atoms with Crippen molar-refractivity contribution >= 4 is 17.1 Å². The molecule has 2 unspecified atom stereocenters. The number of hydrogen-bond acceptors (Lipinski definition) is 4. The minimum Gasteiger partial charge on any atom is -0.381 e. The molecule has 5 heteroatoms. The van der Waals surface area contributed by atoms with Crippen LogP contribution in [0.15, 0.2) is 12.1 Å². The molecule has 0 amide bonds. The predicted octanol–water partition coefficient (Wildman–Crippen LogP) is 2.31. The van der Waals surface area contributed by atoms with E-state index in [2.05, 4.69) is 28.4 Å². The summed E-state index contributed by atoms with van der Waals surface area (Å²) in [4.78, 5) is 9.01. The van der Waals surface area contributed by atoms with Crippen LogP contribution in [0.2, 0.25) is 0 Å². The van der Waals surface area contributed by atoms with Gasteiger partial charge in [0.1, 0.15) is 5.52 Å². The van der Waals surface area contributed by atoms with Crippen LogP contribution < -0.4 is 5.73 Å². The van der Waals surface area contributed by atoms with E-state index in [0.717, 1.165) is 23.3 Å². The van der Waals surface area contributed by atoms with Crippen molar-refractivity contribution in [3.8, 4) is 0 Å². The van der Waals surface area contributed by atoms with Crippen molar-refractivity contribution in [1.29, 1.82) is 0 Å². The van der Waals surface area contributed by atoms with E-state index in [1.165, 1.54) is 0 Å². The van der Waals surface area contributed by atoms with Gasteiger partial charge in [-0.3, -0.25) is 4.57 Å². The molecule has 2 aromatic heterocycles. The van der Waals surface area contributed by atoms with Gasteiger partial charge in [0.2, 0.25) is 5.95 Å². The Morgan fingerprint density at radius 3 is 2.74 bits per heavy atom. The molecule has 102 valence electrons. The van der Waals surface area contributed by atoms with Crippen molar-refractivity contribution in [2.24, 2.45) is 5.41 Å². The smallest absolute Gasteiger partial charge is 0.202 e. The standard InChI is InChI=1S/C14H20N4O/c1-8-5-6-9-12(16-8)18(13(15)17-9)10-7-11(19-4)14(10,2)3/h5-6,10-11H,7H2,1-4H3,(H2,15,17). The number of aromatic nitrogens is 3. The fourth-order valence-corrected chi connectivity index (χ4v) is 3.10. The number of hydrogen-bond donors (Lipinski definition) is 1. The fourth-order valence-electron chi connectivity index (χ4n) is 3.10. The summed E-state index contributed by atoms with van der Waals surface area (Å²) in [5, 5.41) is 0. The molecule has 19 heavy (non-hydrogen) atoms. The van der Waals surface area contributed by atoms with Crippen LogP contribution in [0.3, 0.4) is 0 Å². The van der Waals surface area contributed by atoms with Gasteiger partial charge in [0.25, 0.3) is 0 Å². The van der Waals surface area contributed by atoms with Gasteiger partial charge in [0.15, 0.2) is 5.65 Å². The Morgan fingerprint density at radius 2 is 2.11 bits per heavy atom. The third-order valence-corrected chi connectivity index (χ3v) is 4.43. The molecular formula is C14H20N4O. The molecule has 0 bridgehead atoms. The van der Waals surface area contributed by atoms with Gasteiger partial charge in [0.05, 0.1) is 6.10 Å². The molecule has 0 radical (unpaired) electrons. The molecule has 2 atom stereocenters. The molecule has 0 saturated heterocycles. The number of rotatable bonds is 2. The fraction of sp³-hybridized carbons (Fsp3) is 0.571. The van der Waals surface area contributed by atoms with Crippen LogP contribution in [0.1, 0.15) is 32.0 Å². The molecule has 1 aliphatic carbocycles. The second kappa shape index (κ2) is 3.93. The molecule has 5 nitrogen and oxygen atoms in total. The van der Waals surface area contributed by atoms with Crippen molar-refractivity contribution in [3.05, 3.63) is 17.8 Å². The molecule has 0 aromatic carbocycles. The zero-order valence-corrected chi connectivity index (χ0v) is 11.8. The summed E-state index contributed by atoms with van der Waals surface area (Å²) in [6.07, 6.45) is 1.22. The van der Waals surface area contributed by atoms with Crippen LogP contribution in [0.5, 0.6) is 0 Å². The van der Waals surface area contributed by atoms with E-state index in [1.807, 2.05) is 19.1 Å². The number of ether oxygens (including phenoxy) is 1. The van der Waals surface area contributed by atoms with E-state index in [-0.39, 0.29) is 17.6 Å². The number of nitrogen functional groups attached to an aromatic ring is 1. The predicted molar refractivity (Wildman–Crippen MR) is 74.9 cm³/mol. The van der Waals surface area contributed by atoms with Crippen molar-refractivity contribution in [2.75, 3.05) is 12.8 Å². The van der Waals surface area contributed by atoms with E-state index in [9.17, 15) is 0 Å². The van der Waals surface area contributed by atoms with E-state index in [1.54, 1.807) is 7.11 Å². The summed E-state index contributed by atoms with van der Waals surface area (Å²) in [5.74, 6) is 0.542. The van der Waals surface area contributed by atoms with Crippen molar-refractivity contribution < 1.29 is 4.74 Å². The molecule has 1 saturated carbocycles. The molecule has 1 fully saturated rings. The summed E-state index contributed by atoms with van der Waals surface area (Å²) in [5.41, 5.74) is 8.86. The Kier molecular flexibility index (Phi) is 2.57. The highest BCUT2D eigenvalue weighted by atomic mass is 16.5. The molecule has 0 spiro atoms. The van der Waals surface area contributed by atoms with Crippen molar-refractivity contribution in [2.45, 2.75) is 39.3 Å². The number of anilines is 1. The number of nitrogens with two attached hydrogens (primary N) is 1. The zero-order valence-electron chi connectivity index (χ0n) is 11.8. The highest BCUT2D eigenvalue weighted by Crippen LogP contribution is 2.52. The molecule has 2 aromatic rings. The number of pyridine rings is 1. The minimum absolute atomic E-state index is 0.0436. The first-order valence-corrected chi connectivity index (χ1v) is 6.59. The van der Waals surface area contributed by atoms with Gasteiger partial charge < -0.3 is 10.5 Å². The van der Waals surface area contributed by atoms with Gasteiger partial charge in [-0.25, -0.2) is 9.97 Å². The third-order valence-electron chi connectivity index (χ3n) is 4.43. The monoisotopic (exact) mass is 260 g/mol. The number of methoxy groups -OCH3 is 1. The first-order chi connectivity index (χ1) is 8.95. The number of imidazole rings is 1. The average molecular weight is 260 g/mol. The Labute approximate surface area is 112 Å². The highest BCUT2D eigenvalue weighted by molar-refractivity contribution is 5.74. The quantitative estimate of drug-likeness (QED) is 0.899. The van der Waals surface area contributed by atoms with Crippen molar-refractivity contribution in [3.63, 3.8) is 0 Å². The van der Waals surface area contributed by atoms with E-state index in [4.69, 9.17) is 10.5 Å². The normalized spacial score (nSPS) is 25.5. The summed E-state index contributed by atoms with van der Waals surface area (Å²) in [6, 6.07) is 4.23. The molecule has 2 heterocycles. The maximum Gasteiger partial charge on any atom is 0.202 e. The van der Waals surface area contributed by atoms with Gasteiger partial charge in [-0.15, -0.1) is 0 Å². The maximum atomic E-state index is 6.09. The maximum absolute atomic E-state index is 6.09. The topological polar surface area (TPSA) is 66.0 Å². The summed E-state index contributed by atoms with van der Waals surface area (Å²) in [7, 11) is 1.76. The SMILES string of the molecule is COC1CC(n2c(N)nc3ccc(C)nc32)C1(C)C. The Bertz CT molecular complexity index is 632.